The molecule has 0 amide bonds. The van der Waals surface area contributed by atoms with Crippen molar-refractivity contribution in [2.24, 2.45) is 11.8 Å². The summed E-state index contributed by atoms with van der Waals surface area (Å²) in [6.45, 7) is 0.795. The topological polar surface area (TPSA) is 29.5 Å². The van der Waals surface area contributed by atoms with Crippen LogP contribution in [0.15, 0.2) is 18.2 Å². The molecule has 2 fully saturated rings. The van der Waals surface area contributed by atoms with Gasteiger partial charge in [-0.1, -0.05) is 6.07 Å². The highest BCUT2D eigenvalue weighted by atomic mass is 16.5. The normalized spacial score (nSPS) is 38.2. The van der Waals surface area contributed by atoms with Crippen LogP contribution in [0, 0.1) is 11.8 Å². The second-order valence-corrected chi connectivity index (χ2v) is 5.93. The number of aliphatic hydroxyl groups is 1. The lowest BCUT2D eigenvalue weighted by atomic mass is 9.78. The molecule has 1 aromatic carbocycles. The quantitative estimate of drug-likeness (QED) is 0.803. The second kappa shape index (κ2) is 3.26. The monoisotopic (exact) mass is 230 g/mol. The van der Waals surface area contributed by atoms with Gasteiger partial charge in [0, 0.05) is 6.42 Å². The molecule has 4 rings (SSSR count). The van der Waals surface area contributed by atoms with Gasteiger partial charge in [-0.2, -0.15) is 0 Å². The summed E-state index contributed by atoms with van der Waals surface area (Å²) in [6, 6.07) is 6.30. The van der Waals surface area contributed by atoms with Crippen LogP contribution >= 0.6 is 0 Å². The van der Waals surface area contributed by atoms with Gasteiger partial charge in [-0.3, -0.25) is 0 Å². The van der Waals surface area contributed by atoms with Crippen LogP contribution in [0.2, 0.25) is 0 Å². The molecule has 1 aliphatic heterocycles. The van der Waals surface area contributed by atoms with E-state index in [1.54, 1.807) is 0 Å². The second-order valence-electron chi connectivity index (χ2n) is 5.93. The predicted molar refractivity (Wildman–Crippen MR) is 65.0 cm³/mol. The maximum Gasteiger partial charge on any atom is 0.122 e. The van der Waals surface area contributed by atoms with Gasteiger partial charge in [0.15, 0.2) is 0 Å². The first-order valence-electron chi connectivity index (χ1n) is 6.74. The van der Waals surface area contributed by atoms with Crippen molar-refractivity contribution >= 4 is 0 Å². The molecule has 3 aliphatic rings. The molecule has 0 radical (unpaired) electrons. The van der Waals surface area contributed by atoms with Crippen molar-refractivity contribution in [3.05, 3.63) is 29.3 Å². The van der Waals surface area contributed by atoms with Gasteiger partial charge >= 0.3 is 0 Å². The van der Waals surface area contributed by atoms with Gasteiger partial charge in [0.05, 0.1) is 12.2 Å². The summed E-state index contributed by atoms with van der Waals surface area (Å²) in [5.41, 5.74) is 1.87. The van der Waals surface area contributed by atoms with Gasteiger partial charge in [0.2, 0.25) is 0 Å². The van der Waals surface area contributed by atoms with Crippen LogP contribution in [0.25, 0.3) is 0 Å². The minimum Gasteiger partial charge on any atom is -0.493 e. The summed E-state index contributed by atoms with van der Waals surface area (Å²) in [5.74, 6) is 2.27. The van der Waals surface area contributed by atoms with Crippen molar-refractivity contribution in [1.82, 2.24) is 0 Å². The smallest absolute Gasteiger partial charge is 0.122 e. The Morgan fingerprint density at radius 1 is 1.29 bits per heavy atom. The van der Waals surface area contributed by atoms with Gasteiger partial charge in [0.25, 0.3) is 0 Å². The molecule has 2 bridgehead atoms. The van der Waals surface area contributed by atoms with Crippen LogP contribution in [-0.4, -0.2) is 11.7 Å². The third kappa shape index (κ3) is 1.30. The van der Waals surface area contributed by atoms with E-state index in [0.717, 1.165) is 36.7 Å². The molecule has 1 N–H and O–H groups in total. The maximum absolute atomic E-state index is 10.9. The molecule has 0 saturated heterocycles. The van der Waals surface area contributed by atoms with Crippen molar-refractivity contribution in [1.29, 1.82) is 0 Å². The minimum atomic E-state index is -0.541. The summed E-state index contributed by atoms with van der Waals surface area (Å²) in [6.07, 6.45) is 5.71. The molecule has 1 heterocycles. The van der Waals surface area contributed by atoms with Gasteiger partial charge in [0.1, 0.15) is 5.75 Å². The number of benzene rings is 1. The van der Waals surface area contributed by atoms with E-state index in [-0.39, 0.29) is 0 Å². The highest BCUT2D eigenvalue weighted by Gasteiger charge is 2.50. The summed E-state index contributed by atoms with van der Waals surface area (Å²) < 4.78 is 5.53. The summed E-state index contributed by atoms with van der Waals surface area (Å²) in [7, 11) is 0. The van der Waals surface area contributed by atoms with Crippen molar-refractivity contribution in [2.45, 2.75) is 37.7 Å². The van der Waals surface area contributed by atoms with E-state index in [1.807, 2.05) is 6.07 Å². The fourth-order valence-electron chi connectivity index (χ4n) is 4.11. The SMILES string of the molecule is OC1(c2ccc3c(c2)CCO3)CC2CCC1C2. The molecule has 1 aromatic rings. The van der Waals surface area contributed by atoms with Crippen LogP contribution < -0.4 is 4.74 Å². The van der Waals surface area contributed by atoms with E-state index in [2.05, 4.69) is 12.1 Å². The third-order valence-electron chi connectivity index (χ3n) is 5.01. The number of ether oxygens (including phenoxy) is 1. The first-order valence-corrected chi connectivity index (χ1v) is 6.74. The molecule has 2 heteroatoms. The van der Waals surface area contributed by atoms with Crippen molar-refractivity contribution in [3.8, 4) is 5.75 Å². The largest absolute Gasteiger partial charge is 0.493 e. The zero-order valence-electron chi connectivity index (χ0n) is 9.98. The molecule has 0 spiro atoms. The van der Waals surface area contributed by atoms with E-state index >= 15 is 0 Å². The zero-order valence-corrected chi connectivity index (χ0v) is 9.98. The fraction of sp³-hybridized carbons (Fsp3) is 0.600. The first kappa shape index (κ1) is 9.95. The average molecular weight is 230 g/mol. The molecule has 2 saturated carbocycles. The Kier molecular flexibility index (Phi) is 1.91. The van der Waals surface area contributed by atoms with Crippen LogP contribution in [-0.2, 0) is 12.0 Å². The van der Waals surface area contributed by atoms with E-state index in [4.69, 9.17) is 4.74 Å². The maximum atomic E-state index is 10.9. The Hall–Kier alpha value is -1.02. The van der Waals surface area contributed by atoms with E-state index < -0.39 is 5.60 Å². The highest BCUT2D eigenvalue weighted by molar-refractivity contribution is 5.42. The van der Waals surface area contributed by atoms with Crippen molar-refractivity contribution < 1.29 is 9.84 Å². The molecule has 0 aromatic heterocycles. The lowest BCUT2D eigenvalue weighted by molar-refractivity contribution is -0.0182. The number of fused-ring (bicyclic) bond motifs is 3. The predicted octanol–water partition coefficient (Wildman–Crippen LogP) is 2.63. The molecule has 2 aliphatic carbocycles. The average Bonchev–Trinajstić information content (AvgIpc) is 3.02. The van der Waals surface area contributed by atoms with Crippen LogP contribution in [0.3, 0.4) is 0 Å². The summed E-state index contributed by atoms with van der Waals surface area (Å²) in [5, 5.41) is 10.9. The Bertz CT molecular complexity index is 468. The van der Waals surface area contributed by atoms with Gasteiger partial charge < -0.3 is 9.84 Å². The van der Waals surface area contributed by atoms with Crippen LogP contribution in [0.1, 0.15) is 36.8 Å². The lowest BCUT2D eigenvalue weighted by Crippen LogP contribution is -2.32. The van der Waals surface area contributed by atoms with E-state index in [0.29, 0.717) is 5.92 Å². The summed E-state index contributed by atoms with van der Waals surface area (Å²) >= 11 is 0. The van der Waals surface area contributed by atoms with E-state index in [1.165, 1.54) is 24.8 Å². The highest BCUT2D eigenvalue weighted by Crippen LogP contribution is 2.55. The Morgan fingerprint density at radius 3 is 3.00 bits per heavy atom. The van der Waals surface area contributed by atoms with Crippen molar-refractivity contribution in [3.63, 3.8) is 0 Å². The lowest BCUT2D eigenvalue weighted by Gasteiger charge is -2.33. The Labute approximate surface area is 102 Å². The number of hydrogen-bond acceptors (Lipinski definition) is 2. The Balaban J connectivity index is 1.75. The van der Waals surface area contributed by atoms with Crippen LogP contribution in [0.5, 0.6) is 5.75 Å². The molecule has 3 unspecified atom stereocenters. The van der Waals surface area contributed by atoms with Gasteiger partial charge in [-0.15, -0.1) is 0 Å². The number of rotatable bonds is 1. The van der Waals surface area contributed by atoms with Crippen molar-refractivity contribution in [2.75, 3.05) is 6.61 Å². The molecule has 90 valence electrons. The standard InChI is InChI=1S/C15H18O2/c16-15(9-10-1-2-12(15)7-10)13-3-4-14-11(8-13)5-6-17-14/h3-4,8,10,12,16H,1-2,5-7,9H2. The minimum absolute atomic E-state index is 0.493. The molecule has 3 atom stereocenters. The zero-order chi connectivity index (χ0) is 11.5. The Morgan fingerprint density at radius 2 is 2.24 bits per heavy atom. The van der Waals surface area contributed by atoms with E-state index in [9.17, 15) is 5.11 Å². The summed E-state index contributed by atoms with van der Waals surface area (Å²) in [4.78, 5) is 0. The van der Waals surface area contributed by atoms with Gasteiger partial charge in [-0.05, 0) is 60.8 Å². The first-order chi connectivity index (χ1) is 8.25. The molecule has 17 heavy (non-hydrogen) atoms. The molecule has 2 nitrogen and oxygen atoms in total. The van der Waals surface area contributed by atoms with Crippen LogP contribution in [0.4, 0.5) is 0 Å². The molecular weight excluding hydrogens is 212 g/mol. The fourth-order valence-corrected chi connectivity index (χ4v) is 4.11. The number of hydrogen-bond donors (Lipinski definition) is 1. The third-order valence-corrected chi connectivity index (χ3v) is 5.01. The van der Waals surface area contributed by atoms with Gasteiger partial charge in [-0.25, -0.2) is 0 Å². The molecular formula is C15H18O2.